The summed E-state index contributed by atoms with van der Waals surface area (Å²) in [6.07, 6.45) is 0. The molecule has 0 N–H and O–H groups in total. The van der Waals surface area contributed by atoms with Gasteiger partial charge in [-0.25, -0.2) is 15.0 Å². The van der Waals surface area contributed by atoms with Crippen LogP contribution in [0.15, 0.2) is 168 Å². The van der Waals surface area contributed by atoms with Crippen LogP contribution in [0.3, 0.4) is 0 Å². The minimum Gasteiger partial charge on any atom is -0.456 e. The minimum atomic E-state index is 0.596. The Kier molecular flexibility index (Phi) is 6.64. The first-order valence-electron chi connectivity index (χ1n) is 16.6. The number of thiophene rings is 1. The van der Waals surface area contributed by atoms with E-state index in [1.54, 1.807) is 11.3 Å². The first-order chi connectivity index (χ1) is 24.8. The van der Waals surface area contributed by atoms with Crippen molar-refractivity contribution >= 4 is 53.4 Å². The van der Waals surface area contributed by atoms with Crippen LogP contribution < -0.4 is 0 Å². The normalized spacial score (nSPS) is 11.6. The summed E-state index contributed by atoms with van der Waals surface area (Å²) in [7, 11) is 0. The molecule has 5 heteroatoms. The van der Waals surface area contributed by atoms with Crippen molar-refractivity contribution in [2.75, 3.05) is 0 Å². The van der Waals surface area contributed by atoms with E-state index in [1.165, 1.54) is 15.5 Å². The van der Waals surface area contributed by atoms with Crippen LogP contribution in [0, 0.1) is 0 Å². The zero-order chi connectivity index (χ0) is 33.0. The molecule has 0 radical (unpaired) electrons. The molecule has 0 fully saturated rings. The number of rotatable bonds is 5. The highest BCUT2D eigenvalue weighted by Crippen LogP contribution is 2.41. The summed E-state index contributed by atoms with van der Waals surface area (Å²) in [5.41, 5.74) is 8.98. The standard InChI is InChI=1S/C45H27N3OS/c1-3-12-28(13-4-1)30-16-9-17-31(26-30)43-46-44(48-45(47-43)37-21-10-20-35-34-18-7-8-23-40(34)50-42(35)37)32-24-25-36-39(27-32)49-38-22-11-19-33(41(36)38)29-14-5-2-6-15-29/h1-27H. The molecule has 0 aliphatic rings. The van der Waals surface area contributed by atoms with Gasteiger partial charge in [-0.3, -0.25) is 0 Å². The van der Waals surface area contributed by atoms with Crippen molar-refractivity contribution in [2.45, 2.75) is 0 Å². The largest absolute Gasteiger partial charge is 0.456 e. The highest BCUT2D eigenvalue weighted by atomic mass is 32.1. The van der Waals surface area contributed by atoms with Gasteiger partial charge in [-0.15, -0.1) is 11.3 Å². The lowest BCUT2D eigenvalue weighted by Crippen LogP contribution is -2.00. The van der Waals surface area contributed by atoms with Crippen molar-refractivity contribution in [1.82, 2.24) is 15.0 Å². The van der Waals surface area contributed by atoms with E-state index < -0.39 is 0 Å². The maximum absolute atomic E-state index is 6.49. The summed E-state index contributed by atoms with van der Waals surface area (Å²) in [5, 5.41) is 4.61. The van der Waals surface area contributed by atoms with Crippen molar-refractivity contribution in [3.05, 3.63) is 164 Å². The Morgan fingerprint density at radius 3 is 1.84 bits per heavy atom. The molecule has 234 valence electrons. The quantitative estimate of drug-likeness (QED) is 0.185. The Bertz CT molecular complexity index is 2870. The SMILES string of the molecule is c1ccc(-c2cccc(-c3nc(-c4ccc5c(c4)oc4cccc(-c6ccccc6)c45)nc(-c4cccc5c4sc4ccccc45)n3)c2)cc1. The fraction of sp³-hybridized carbons (Fsp3) is 0. The molecule has 4 nitrogen and oxygen atoms in total. The lowest BCUT2D eigenvalue weighted by Gasteiger charge is -2.10. The molecule has 0 atom stereocenters. The van der Waals surface area contributed by atoms with Gasteiger partial charge < -0.3 is 4.42 Å². The van der Waals surface area contributed by atoms with Gasteiger partial charge in [-0.2, -0.15) is 0 Å². The topological polar surface area (TPSA) is 51.8 Å². The predicted octanol–water partition coefficient (Wildman–Crippen LogP) is 12.5. The molecule has 50 heavy (non-hydrogen) atoms. The van der Waals surface area contributed by atoms with Crippen LogP contribution >= 0.6 is 11.3 Å². The average Bonchev–Trinajstić information content (AvgIpc) is 3.77. The Balaban J connectivity index is 1.18. The lowest BCUT2D eigenvalue weighted by atomic mass is 9.99. The summed E-state index contributed by atoms with van der Waals surface area (Å²) < 4.78 is 8.90. The molecule has 0 aliphatic carbocycles. The van der Waals surface area contributed by atoms with Crippen LogP contribution in [0.25, 0.3) is 98.5 Å². The molecule has 7 aromatic carbocycles. The smallest absolute Gasteiger partial charge is 0.165 e. The molecular formula is C45H27N3OS. The zero-order valence-corrected chi connectivity index (χ0v) is 27.6. The van der Waals surface area contributed by atoms with Gasteiger partial charge in [-0.05, 0) is 58.7 Å². The summed E-state index contributed by atoms with van der Waals surface area (Å²) in [4.78, 5) is 15.4. The monoisotopic (exact) mass is 657 g/mol. The van der Waals surface area contributed by atoms with Gasteiger partial charge in [0.1, 0.15) is 11.2 Å². The van der Waals surface area contributed by atoms with Gasteiger partial charge >= 0.3 is 0 Å². The molecular weight excluding hydrogens is 631 g/mol. The summed E-state index contributed by atoms with van der Waals surface area (Å²) in [6.45, 7) is 0. The van der Waals surface area contributed by atoms with Crippen LogP contribution in [0.4, 0.5) is 0 Å². The van der Waals surface area contributed by atoms with Gasteiger partial charge in [-0.1, -0.05) is 127 Å². The highest BCUT2D eigenvalue weighted by molar-refractivity contribution is 7.26. The third-order valence-electron chi connectivity index (χ3n) is 9.35. The van der Waals surface area contributed by atoms with Crippen LogP contribution in [-0.4, -0.2) is 15.0 Å². The van der Waals surface area contributed by atoms with Crippen LogP contribution in [0.1, 0.15) is 0 Å². The van der Waals surface area contributed by atoms with Crippen molar-refractivity contribution < 1.29 is 4.42 Å². The number of aromatic nitrogens is 3. The second kappa shape index (κ2) is 11.6. The number of furan rings is 1. The van der Waals surface area contributed by atoms with E-state index in [2.05, 4.69) is 146 Å². The molecule has 3 aromatic heterocycles. The molecule has 0 amide bonds. The fourth-order valence-electron chi connectivity index (χ4n) is 6.97. The van der Waals surface area contributed by atoms with E-state index in [0.717, 1.165) is 65.6 Å². The van der Waals surface area contributed by atoms with Crippen LogP contribution in [-0.2, 0) is 0 Å². The first kappa shape index (κ1) is 28.6. The van der Waals surface area contributed by atoms with Gasteiger partial charge in [0.15, 0.2) is 17.5 Å². The van der Waals surface area contributed by atoms with E-state index >= 15 is 0 Å². The summed E-state index contributed by atoms with van der Waals surface area (Å²) in [6, 6.07) is 56.8. The summed E-state index contributed by atoms with van der Waals surface area (Å²) in [5.74, 6) is 1.86. The highest BCUT2D eigenvalue weighted by Gasteiger charge is 2.19. The van der Waals surface area contributed by atoms with E-state index in [1.807, 2.05) is 18.2 Å². The molecule has 3 heterocycles. The van der Waals surface area contributed by atoms with Gasteiger partial charge in [0.2, 0.25) is 0 Å². The third kappa shape index (κ3) is 4.79. The van der Waals surface area contributed by atoms with Crippen molar-refractivity contribution in [3.63, 3.8) is 0 Å². The minimum absolute atomic E-state index is 0.596. The Morgan fingerprint density at radius 2 is 1.00 bits per heavy atom. The molecule has 10 aromatic rings. The second-order valence-corrected chi connectivity index (χ2v) is 13.4. The lowest BCUT2D eigenvalue weighted by molar-refractivity contribution is 0.669. The average molecular weight is 658 g/mol. The molecule has 10 rings (SSSR count). The molecule has 0 saturated carbocycles. The molecule has 0 bridgehead atoms. The van der Waals surface area contributed by atoms with E-state index in [9.17, 15) is 0 Å². The van der Waals surface area contributed by atoms with Crippen molar-refractivity contribution in [1.29, 1.82) is 0 Å². The van der Waals surface area contributed by atoms with Crippen LogP contribution in [0.2, 0.25) is 0 Å². The number of benzene rings is 7. The molecule has 0 aliphatic heterocycles. The summed E-state index contributed by atoms with van der Waals surface area (Å²) >= 11 is 1.77. The van der Waals surface area contributed by atoms with E-state index in [4.69, 9.17) is 19.4 Å². The van der Waals surface area contributed by atoms with Gasteiger partial charge in [0.25, 0.3) is 0 Å². The number of nitrogens with zero attached hydrogens (tertiary/aromatic N) is 3. The fourth-order valence-corrected chi connectivity index (χ4v) is 8.18. The maximum Gasteiger partial charge on any atom is 0.165 e. The Morgan fingerprint density at radius 1 is 0.380 bits per heavy atom. The van der Waals surface area contributed by atoms with Crippen molar-refractivity contribution in [2.24, 2.45) is 0 Å². The number of fused-ring (bicyclic) bond motifs is 6. The van der Waals surface area contributed by atoms with Crippen molar-refractivity contribution in [3.8, 4) is 56.4 Å². The third-order valence-corrected chi connectivity index (χ3v) is 10.6. The number of hydrogen-bond donors (Lipinski definition) is 0. The first-order valence-corrected chi connectivity index (χ1v) is 17.4. The predicted molar refractivity (Wildman–Crippen MR) is 207 cm³/mol. The van der Waals surface area contributed by atoms with E-state index in [-0.39, 0.29) is 0 Å². The molecule has 0 saturated heterocycles. The van der Waals surface area contributed by atoms with Crippen LogP contribution in [0.5, 0.6) is 0 Å². The Labute approximate surface area is 292 Å². The van der Waals surface area contributed by atoms with Gasteiger partial charge in [0.05, 0.1) is 0 Å². The molecule has 0 unspecified atom stereocenters. The second-order valence-electron chi connectivity index (χ2n) is 12.4. The Hall–Kier alpha value is -6.43. The number of hydrogen-bond acceptors (Lipinski definition) is 5. The van der Waals surface area contributed by atoms with Gasteiger partial charge in [0, 0.05) is 47.6 Å². The van der Waals surface area contributed by atoms with E-state index in [0.29, 0.717) is 17.5 Å². The molecule has 0 spiro atoms. The maximum atomic E-state index is 6.49. The zero-order valence-electron chi connectivity index (χ0n) is 26.7.